The summed E-state index contributed by atoms with van der Waals surface area (Å²) in [5, 5.41) is 5.37. The molecular formula is C15H19N3O2. The van der Waals surface area contributed by atoms with Crippen molar-refractivity contribution >= 4 is 11.8 Å². The number of amides is 2. The van der Waals surface area contributed by atoms with E-state index < -0.39 is 0 Å². The Hall–Kier alpha value is -2.32. The molecule has 1 rings (SSSR count). The molecule has 0 aliphatic rings. The molecule has 0 bridgehead atoms. The standard InChI is InChI=1S/C15H19N3O2/c1-11-5-6-13(4-3-7-16)10-14(11)15(20)18-9-8-17-12(2)19/h5-6,10H,7-9,16H2,1-2H3,(H,17,19)(H,18,20). The number of hydrogen-bond acceptors (Lipinski definition) is 3. The minimum absolute atomic E-state index is 0.116. The molecule has 20 heavy (non-hydrogen) atoms. The summed E-state index contributed by atoms with van der Waals surface area (Å²) >= 11 is 0. The number of nitrogens with two attached hydrogens (primary N) is 1. The minimum atomic E-state index is -0.177. The zero-order chi connectivity index (χ0) is 15.0. The SMILES string of the molecule is CC(=O)NCCNC(=O)c1cc(C#CCN)ccc1C. The van der Waals surface area contributed by atoms with Crippen molar-refractivity contribution in [2.24, 2.45) is 5.73 Å². The van der Waals surface area contributed by atoms with Gasteiger partial charge < -0.3 is 16.4 Å². The summed E-state index contributed by atoms with van der Waals surface area (Å²) in [6.07, 6.45) is 0. The molecule has 1 aromatic rings. The van der Waals surface area contributed by atoms with Gasteiger partial charge >= 0.3 is 0 Å². The Morgan fingerprint density at radius 1 is 1.25 bits per heavy atom. The van der Waals surface area contributed by atoms with Crippen LogP contribution in [0.3, 0.4) is 0 Å². The second kappa shape index (κ2) is 7.97. The van der Waals surface area contributed by atoms with E-state index in [0.29, 0.717) is 18.7 Å². The third-order valence-corrected chi connectivity index (χ3v) is 2.60. The van der Waals surface area contributed by atoms with Crippen molar-refractivity contribution in [3.63, 3.8) is 0 Å². The van der Waals surface area contributed by atoms with Gasteiger partial charge in [-0.25, -0.2) is 0 Å². The molecule has 0 aliphatic carbocycles. The van der Waals surface area contributed by atoms with Crippen molar-refractivity contribution in [3.05, 3.63) is 34.9 Å². The summed E-state index contributed by atoms with van der Waals surface area (Å²) in [5.74, 6) is 5.36. The highest BCUT2D eigenvalue weighted by Gasteiger charge is 2.08. The van der Waals surface area contributed by atoms with Gasteiger partial charge in [0.05, 0.1) is 6.54 Å². The van der Waals surface area contributed by atoms with Crippen LogP contribution < -0.4 is 16.4 Å². The van der Waals surface area contributed by atoms with E-state index in [1.165, 1.54) is 6.92 Å². The second-order valence-electron chi connectivity index (χ2n) is 4.27. The van der Waals surface area contributed by atoms with Crippen molar-refractivity contribution in [3.8, 4) is 11.8 Å². The van der Waals surface area contributed by atoms with Gasteiger partial charge in [0, 0.05) is 31.1 Å². The first-order chi connectivity index (χ1) is 9.54. The number of carbonyl (C=O) groups excluding carboxylic acids is 2. The topological polar surface area (TPSA) is 84.2 Å². The molecule has 0 heterocycles. The molecule has 5 heteroatoms. The van der Waals surface area contributed by atoms with Crippen molar-refractivity contribution in [2.75, 3.05) is 19.6 Å². The Bertz CT molecular complexity index is 556. The quantitative estimate of drug-likeness (QED) is 0.540. The van der Waals surface area contributed by atoms with Crippen LogP contribution in [-0.4, -0.2) is 31.4 Å². The molecule has 0 saturated heterocycles. The summed E-state index contributed by atoms with van der Waals surface area (Å²) in [7, 11) is 0. The van der Waals surface area contributed by atoms with Crippen LogP contribution in [0.1, 0.15) is 28.4 Å². The molecule has 1 aromatic carbocycles. The largest absolute Gasteiger partial charge is 0.355 e. The summed E-state index contributed by atoms with van der Waals surface area (Å²) in [6, 6.07) is 5.45. The van der Waals surface area contributed by atoms with Crippen LogP contribution >= 0.6 is 0 Å². The maximum atomic E-state index is 12.0. The summed E-state index contributed by atoms with van der Waals surface area (Å²) in [5.41, 5.74) is 7.54. The predicted molar refractivity (Wildman–Crippen MR) is 78.1 cm³/mol. The van der Waals surface area contributed by atoms with Gasteiger partial charge in [0.2, 0.25) is 5.91 Å². The first-order valence-corrected chi connectivity index (χ1v) is 6.37. The summed E-state index contributed by atoms with van der Waals surface area (Å²) < 4.78 is 0. The van der Waals surface area contributed by atoms with Gasteiger partial charge in [-0.15, -0.1) is 0 Å². The van der Waals surface area contributed by atoms with Crippen LogP contribution in [0.15, 0.2) is 18.2 Å². The fourth-order valence-electron chi connectivity index (χ4n) is 1.61. The number of aryl methyl sites for hydroxylation is 1. The van der Waals surface area contributed by atoms with Gasteiger partial charge in [-0.1, -0.05) is 17.9 Å². The number of hydrogen-bond donors (Lipinski definition) is 3. The molecule has 0 spiro atoms. The second-order valence-corrected chi connectivity index (χ2v) is 4.27. The fourth-order valence-corrected chi connectivity index (χ4v) is 1.61. The van der Waals surface area contributed by atoms with Crippen LogP contribution in [0.4, 0.5) is 0 Å². The monoisotopic (exact) mass is 273 g/mol. The van der Waals surface area contributed by atoms with Crippen molar-refractivity contribution in [2.45, 2.75) is 13.8 Å². The van der Waals surface area contributed by atoms with Crippen LogP contribution in [0.25, 0.3) is 0 Å². The van der Waals surface area contributed by atoms with E-state index in [-0.39, 0.29) is 18.4 Å². The molecule has 0 saturated carbocycles. The van der Waals surface area contributed by atoms with Gasteiger partial charge in [0.25, 0.3) is 5.91 Å². The predicted octanol–water partition coefficient (Wildman–Crippen LogP) is 0.171. The molecular weight excluding hydrogens is 254 g/mol. The lowest BCUT2D eigenvalue weighted by molar-refractivity contribution is -0.118. The van der Waals surface area contributed by atoms with E-state index in [4.69, 9.17) is 5.73 Å². The molecule has 0 atom stereocenters. The average molecular weight is 273 g/mol. The van der Waals surface area contributed by atoms with Crippen LogP contribution in [0.5, 0.6) is 0 Å². The minimum Gasteiger partial charge on any atom is -0.355 e. The van der Waals surface area contributed by atoms with E-state index in [9.17, 15) is 9.59 Å². The Kier molecular flexibility index (Phi) is 6.27. The van der Waals surface area contributed by atoms with Gasteiger partial charge in [0.15, 0.2) is 0 Å². The van der Waals surface area contributed by atoms with E-state index >= 15 is 0 Å². The van der Waals surface area contributed by atoms with Gasteiger partial charge in [-0.2, -0.15) is 0 Å². The fraction of sp³-hybridized carbons (Fsp3) is 0.333. The summed E-state index contributed by atoms with van der Waals surface area (Å²) in [4.78, 5) is 22.7. The third kappa shape index (κ3) is 5.12. The Morgan fingerprint density at radius 2 is 1.95 bits per heavy atom. The highest BCUT2D eigenvalue weighted by molar-refractivity contribution is 5.96. The van der Waals surface area contributed by atoms with Crippen molar-refractivity contribution < 1.29 is 9.59 Å². The molecule has 4 N–H and O–H groups in total. The first kappa shape index (κ1) is 15.7. The Labute approximate surface area is 118 Å². The van der Waals surface area contributed by atoms with Crippen LogP contribution in [0, 0.1) is 18.8 Å². The molecule has 0 radical (unpaired) electrons. The molecule has 0 fully saturated rings. The zero-order valence-electron chi connectivity index (χ0n) is 11.7. The third-order valence-electron chi connectivity index (χ3n) is 2.60. The number of benzene rings is 1. The van der Waals surface area contributed by atoms with Gasteiger partial charge in [-0.05, 0) is 24.6 Å². The molecule has 106 valence electrons. The highest BCUT2D eigenvalue weighted by Crippen LogP contribution is 2.10. The maximum absolute atomic E-state index is 12.0. The van der Waals surface area contributed by atoms with Crippen molar-refractivity contribution in [1.82, 2.24) is 10.6 Å². The molecule has 0 unspecified atom stereocenters. The Balaban J connectivity index is 2.69. The van der Waals surface area contributed by atoms with Crippen LogP contribution in [-0.2, 0) is 4.79 Å². The Morgan fingerprint density at radius 3 is 2.60 bits per heavy atom. The number of rotatable bonds is 4. The molecule has 5 nitrogen and oxygen atoms in total. The molecule has 0 aromatic heterocycles. The average Bonchev–Trinajstić information content (AvgIpc) is 2.42. The first-order valence-electron chi connectivity index (χ1n) is 6.37. The van der Waals surface area contributed by atoms with E-state index in [1.54, 1.807) is 6.07 Å². The smallest absolute Gasteiger partial charge is 0.251 e. The molecule has 2 amide bonds. The zero-order valence-corrected chi connectivity index (χ0v) is 11.7. The lowest BCUT2D eigenvalue weighted by Crippen LogP contribution is -2.33. The van der Waals surface area contributed by atoms with Crippen molar-refractivity contribution in [1.29, 1.82) is 0 Å². The van der Waals surface area contributed by atoms with E-state index in [0.717, 1.165) is 11.1 Å². The van der Waals surface area contributed by atoms with E-state index in [1.807, 2.05) is 19.1 Å². The lowest BCUT2D eigenvalue weighted by Gasteiger charge is -2.08. The maximum Gasteiger partial charge on any atom is 0.251 e. The number of carbonyl (C=O) groups is 2. The number of nitrogens with one attached hydrogen (secondary N) is 2. The normalized spacial score (nSPS) is 9.35. The van der Waals surface area contributed by atoms with Gasteiger partial charge in [-0.3, -0.25) is 9.59 Å². The van der Waals surface area contributed by atoms with E-state index in [2.05, 4.69) is 22.5 Å². The lowest BCUT2D eigenvalue weighted by atomic mass is 10.0. The van der Waals surface area contributed by atoms with Crippen LogP contribution in [0.2, 0.25) is 0 Å². The summed E-state index contributed by atoms with van der Waals surface area (Å²) in [6.45, 7) is 4.38. The highest BCUT2D eigenvalue weighted by atomic mass is 16.2. The molecule has 0 aliphatic heterocycles. The van der Waals surface area contributed by atoms with Gasteiger partial charge in [0.1, 0.15) is 0 Å².